The number of nitrogens with one attached hydrogen (secondary N) is 1. The minimum absolute atomic E-state index is 0.00635. The largest absolute Gasteiger partial charge is 0.507 e. The molecule has 0 unspecified atom stereocenters. The number of rotatable bonds is 5. The van der Waals surface area contributed by atoms with Crippen molar-refractivity contribution in [3.63, 3.8) is 0 Å². The van der Waals surface area contributed by atoms with Gasteiger partial charge in [0, 0.05) is 11.3 Å². The van der Waals surface area contributed by atoms with Gasteiger partial charge in [0.05, 0.1) is 10.5 Å². The Morgan fingerprint density at radius 2 is 1.38 bits per heavy atom. The zero-order valence-corrected chi connectivity index (χ0v) is 17.7. The topological polar surface area (TPSA) is 147 Å². The van der Waals surface area contributed by atoms with Crippen LogP contribution in [0.1, 0.15) is 26.3 Å². The van der Waals surface area contributed by atoms with E-state index in [-0.39, 0.29) is 26.0 Å². The first-order valence-corrected chi connectivity index (χ1v) is 10.7. The minimum Gasteiger partial charge on any atom is -0.507 e. The van der Waals surface area contributed by atoms with Gasteiger partial charge in [-0.3, -0.25) is 9.59 Å². The van der Waals surface area contributed by atoms with Crippen molar-refractivity contribution in [1.29, 1.82) is 0 Å². The fourth-order valence-electron chi connectivity index (χ4n) is 2.95. The van der Waals surface area contributed by atoms with Crippen LogP contribution in [0, 0.1) is 6.92 Å². The lowest BCUT2D eigenvalue weighted by Crippen LogP contribution is -2.42. The molecular weight excluding hydrogens is 434 g/mol. The second-order valence-electron chi connectivity index (χ2n) is 6.73. The maximum Gasteiger partial charge on any atom is 0.316 e. The number of aromatic hydroxyl groups is 1. The third-order valence-corrected chi connectivity index (χ3v) is 6.22. The van der Waals surface area contributed by atoms with Gasteiger partial charge in [-0.25, -0.2) is 13.2 Å². The number of sulfonamides is 1. The van der Waals surface area contributed by atoms with Crippen LogP contribution >= 0.6 is 0 Å². The van der Waals surface area contributed by atoms with Crippen LogP contribution in [-0.4, -0.2) is 35.7 Å². The van der Waals surface area contributed by atoms with E-state index in [1.807, 2.05) is 0 Å². The van der Waals surface area contributed by atoms with Crippen molar-refractivity contribution in [3.05, 3.63) is 89.5 Å². The van der Waals surface area contributed by atoms with Gasteiger partial charge in [0.25, 0.3) is 21.8 Å². The summed E-state index contributed by atoms with van der Waals surface area (Å²) in [7, 11) is -4.70. The van der Waals surface area contributed by atoms with Gasteiger partial charge < -0.3 is 16.2 Å². The van der Waals surface area contributed by atoms with E-state index < -0.39 is 33.6 Å². The van der Waals surface area contributed by atoms with E-state index in [2.05, 4.69) is 5.32 Å². The Balaban J connectivity index is 2.14. The summed E-state index contributed by atoms with van der Waals surface area (Å²) in [5, 5.41) is 12.4. The number of amides is 4. The number of hydrogen-bond acceptors (Lipinski definition) is 6. The van der Waals surface area contributed by atoms with Crippen molar-refractivity contribution in [2.45, 2.75) is 11.8 Å². The predicted octanol–water partition coefficient (Wildman–Crippen LogP) is 2.86. The summed E-state index contributed by atoms with van der Waals surface area (Å²) in [5.41, 5.74) is 5.38. The molecule has 0 aromatic heterocycles. The highest BCUT2D eigenvalue weighted by atomic mass is 32.2. The van der Waals surface area contributed by atoms with Crippen LogP contribution in [0.4, 0.5) is 10.5 Å². The standard InChI is InChI=1S/C22H19N3O6S/c1-14-6-2-3-7-17(14)20(27)25(21(28)18-8-4-5-9-19(18)26)32(30,31)16-12-10-15(11-13-16)24-22(23)29/h2-13,26H,1H3,(H3,23,24,29). The summed E-state index contributed by atoms with van der Waals surface area (Å²) in [5.74, 6) is -2.76. The molecule has 32 heavy (non-hydrogen) atoms. The number of urea groups is 1. The van der Waals surface area contributed by atoms with Gasteiger partial charge in [0.1, 0.15) is 5.75 Å². The fourth-order valence-corrected chi connectivity index (χ4v) is 4.28. The molecule has 0 spiro atoms. The number of nitrogens with zero attached hydrogens (tertiary/aromatic N) is 1. The number of anilines is 1. The van der Waals surface area contributed by atoms with Gasteiger partial charge in [-0.2, -0.15) is 4.31 Å². The highest BCUT2D eigenvalue weighted by molar-refractivity contribution is 7.90. The SMILES string of the molecule is Cc1ccccc1C(=O)N(C(=O)c1ccccc1O)S(=O)(=O)c1ccc(NC(N)=O)cc1. The molecule has 164 valence electrons. The minimum atomic E-state index is -4.70. The molecule has 9 nitrogen and oxygen atoms in total. The van der Waals surface area contributed by atoms with Crippen LogP contribution in [0.25, 0.3) is 0 Å². The van der Waals surface area contributed by atoms with Gasteiger partial charge in [0.2, 0.25) is 0 Å². The van der Waals surface area contributed by atoms with Crippen molar-refractivity contribution in [3.8, 4) is 5.75 Å². The first kappa shape index (κ1) is 22.5. The Labute approximate surface area is 184 Å². The molecule has 0 bridgehead atoms. The van der Waals surface area contributed by atoms with Crippen molar-refractivity contribution < 1.29 is 27.9 Å². The van der Waals surface area contributed by atoms with Gasteiger partial charge in [0.15, 0.2) is 0 Å². The summed E-state index contributed by atoms with van der Waals surface area (Å²) in [6.07, 6.45) is 0. The lowest BCUT2D eigenvalue weighted by atomic mass is 10.1. The molecule has 0 aliphatic carbocycles. The van der Waals surface area contributed by atoms with Crippen molar-refractivity contribution >= 4 is 33.6 Å². The van der Waals surface area contributed by atoms with Crippen LogP contribution in [0.3, 0.4) is 0 Å². The number of benzene rings is 3. The third-order valence-electron chi connectivity index (χ3n) is 4.54. The van der Waals surface area contributed by atoms with Gasteiger partial charge >= 0.3 is 6.03 Å². The molecule has 3 aromatic carbocycles. The van der Waals surface area contributed by atoms with E-state index in [1.165, 1.54) is 42.5 Å². The second-order valence-corrected chi connectivity index (χ2v) is 8.51. The molecule has 3 aromatic rings. The zero-order valence-electron chi connectivity index (χ0n) is 16.8. The number of carbonyl (C=O) groups excluding carboxylic acids is 3. The summed E-state index contributed by atoms with van der Waals surface area (Å²) >= 11 is 0. The monoisotopic (exact) mass is 453 g/mol. The van der Waals surface area contributed by atoms with E-state index >= 15 is 0 Å². The number of primary amides is 1. The molecule has 3 rings (SSSR count). The number of aryl methyl sites for hydroxylation is 1. The molecule has 0 saturated heterocycles. The van der Waals surface area contributed by atoms with Gasteiger partial charge in [-0.15, -0.1) is 0 Å². The summed E-state index contributed by atoms with van der Waals surface area (Å²) in [6, 6.07) is 15.5. The number of phenols is 1. The average Bonchev–Trinajstić information content (AvgIpc) is 2.74. The maximum absolute atomic E-state index is 13.4. The molecule has 10 heteroatoms. The fraction of sp³-hybridized carbons (Fsp3) is 0.0455. The quantitative estimate of drug-likeness (QED) is 0.506. The number of phenolic OH excluding ortho intramolecular Hbond substituents is 1. The highest BCUT2D eigenvalue weighted by Gasteiger charge is 2.38. The molecule has 0 radical (unpaired) electrons. The highest BCUT2D eigenvalue weighted by Crippen LogP contribution is 2.26. The second kappa shape index (κ2) is 8.90. The van der Waals surface area contributed by atoms with E-state index in [4.69, 9.17) is 5.73 Å². The third kappa shape index (κ3) is 4.44. The van der Waals surface area contributed by atoms with Crippen LogP contribution in [0.2, 0.25) is 0 Å². The van der Waals surface area contributed by atoms with Crippen molar-refractivity contribution in [2.75, 3.05) is 5.32 Å². The van der Waals surface area contributed by atoms with Crippen molar-refractivity contribution in [2.24, 2.45) is 5.73 Å². The number of imide groups is 1. The summed E-state index contributed by atoms with van der Waals surface area (Å²) in [4.78, 5) is 37.1. The molecule has 0 saturated carbocycles. The summed E-state index contributed by atoms with van der Waals surface area (Å²) < 4.78 is 26.9. The summed E-state index contributed by atoms with van der Waals surface area (Å²) in [6.45, 7) is 1.60. The molecule has 0 fully saturated rings. The molecule has 4 amide bonds. The molecule has 0 aliphatic heterocycles. The lowest BCUT2D eigenvalue weighted by Gasteiger charge is -2.22. The average molecular weight is 453 g/mol. The lowest BCUT2D eigenvalue weighted by molar-refractivity contribution is 0.0729. The smallest absolute Gasteiger partial charge is 0.316 e. The van der Waals surface area contributed by atoms with E-state index in [0.29, 0.717) is 5.56 Å². The van der Waals surface area contributed by atoms with Crippen LogP contribution in [0.15, 0.2) is 77.7 Å². The molecule has 4 N–H and O–H groups in total. The normalized spacial score (nSPS) is 10.9. The molecule has 0 heterocycles. The Kier molecular flexibility index (Phi) is 6.26. The van der Waals surface area contributed by atoms with Crippen LogP contribution in [0.5, 0.6) is 5.75 Å². The van der Waals surface area contributed by atoms with E-state index in [0.717, 1.165) is 12.1 Å². The zero-order chi connectivity index (χ0) is 23.5. The van der Waals surface area contributed by atoms with E-state index in [1.54, 1.807) is 25.1 Å². The van der Waals surface area contributed by atoms with E-state index in [9.17, 15) is 27.9 Å². The number of carbonyl (C=O) groups is 3. The first-order valence-electron chi connectivity index (χ1n) is 9.27. The number of hydrogen-bond donors (Lipinski definition) is 3. The Morgan fingerprint density at radius 3 is 1.94 bits per heavy atom. The van der Waals surface area contributed by atoms with Crippen molar-refractivity contribution in [1.82, 2.24) is 4.31 Å². The van der Waals surface area contributed by atoms with Gasteiger partial charge in [-0.1, -0.05) is 30.3 Å². The molecular formula is C22H19N3O6S. The Hall–Kier alpha value is -4.18. The van der Waals surface area contributed by atoms with Crippen LogP contribution < -0.4 is 11.1 Å². The number of nitrogens with two attached hydrogens (primary N) is 1. The molecule has 0 atom stereocenters. The maximum atomic E-state index is 13.4. The predicted molar refractivity (Wildman–Crippen MR) is 117 cm³/mol. The van der Waals surface area contributed by atoms with Gasteiger partial charge in [-0.05, 0) is 55.0 Å². The Bertz CT molecular complexity index is 1250. The first-order chi connectivity index (χ1) is 15.1. The number of para-hydroxylation sites is 1. The Morgan fingerprint density at radius 1 is 0.844 bits per heavy atom. The van der Waals surface area contributed by atoms with Crippen LogP contribution in [-0.2, 0) is 10.0 Å². The molecule has 0 aliphatic rings.